The minimum atomic E-state index is -0.675. The van der Waals surface area contributed by atoms with Crippen LogP contribution in [-0.2, 0) is 4.74 Å². The molecule has 1 saturated carbocycles. The van der Waals surface area contributed by atoms with E-state index >= 15 is 0 Å². The Bertz CT molecular complexity index is 483. The average Bonchev–Trinajstić information content (AvgIpc) is 2.37. The smallest absolute Gasteiger partial charge is 0.313 e. The zero-order chi connectivity index (χ0) is 14.0. The fourth-order valence-corrected chi connectivity index (χ4v) is 2.05. The van der Waals surface area contributed by atoms with Gasteiger partial charge in [0.05, 0.1) is 11.0 Å². The zero-order valence-electron chi connectivity index (χ0n) is 10.4. The Morgan fingerprint density at radius 1 is 1.58 bits per heavy atom. The molecule has 0 spiro atoms. The molecule has 3 unspecified atom stereocenters. The second-order valence-electron chi connectivity index (χ2n) is 4.34. The predicted octanol–water partition coefficient (Wildman–Crippen LogP) is 1.62. The van der Waals surface area contributed by atoms with Gasteiger partial charge in [-0.05, 0) is 19.1 Å². The highest BCUT2D eigenvalue weighted by molar-refractivity contribution is 5.46. The molecule has 0 heterocycles. The van der Waals surface area contributed by atoms with Gasteiger partial charge in [-0.15, -0.1) is 0 Å². The number of hydrogen-bond donors (Lipinski definition) is 1. The highest BCUT2D eigenvalue weighted by atomic mass is 19.1. The number of hydrogen-bond acceptors (Lipinski definition) is 5. The number of nitro benzene ring substituents is 1. The molecular weight excluding hydrogens is 255 g/mol. The molecule has 0 saturated heterocycles. The molecule has 1 aliphatic rings. The van der Waals surface area contributed by atoms with Crippen LogP contribution in [0.15, 0.2) is 18.2 Å². The maximum absolute atomic E-state index is 13.0. The van der Waals surface area contributed by atoms with E-state index in [1.165, 1.54) is 6.07 Å². The van der Waals surface area contributed by atoms with E-state index in [1.807, 2.05) is 6.92 Å². The van der Waals surface area contributed by atoms with E-state index < -0.39 is 16.4 Å². The fourth-order valence-electron chi connectivity index (χ4n) is 2.05. The number of halogens is 1. The van der Waals surface area contributed by atoms with E-state index in [9.17, 15) is 14.5 Å². The maximum Gasteiger partial charge on any atom is 0.313 e. The van der Waals surface area contributed by atoms with E-state index in [0.717, 1.165) is 12.1 Å². The van der Waals surface area contributed by atoms with Gasteiger partial charge in [0.2, 0.25) is 0 Å². The van der Waals surface area contributed by atoms with Crippen LogP contribution >= 0.6 is 0 Å². The van der Waals surface area contributed by atoms with Crippen LogP contribution < -0.4 is 10.5 Å². The van der Waals surface area contributed by atoms with Crippen molar-refractivity contribution in [2.24, 2.45) is 5.73 Å². The normalized spacial score (nSPS) is 25.7. The topological polar surface area (TPSA) is 87.6 Å². The molecule has 2 rings (SSSR count). The third-order valence-corrected chi connectivity index (χ3v) is 3.05. The molecule has 3 atom stereocenters. The number of nitrogens with zero attached hydrogens (tertiary/aromatic N) is 1. The number of nitro groups is 1. The molecule has 104 valence electrons. The van der Waals surface area contributed by atoms with Crippen LogP contribution in [0.2, 0.25) is 0 Å². The van der Waals surface area contributed by atoms with Gasteiger partial charge in [0, 0.05) is 19.1 Å². The molecule has 1 fully saturated rings. The number of benzene rings is 1. The zero-order valence-corrected chi connectivity index (χ0v) is 10.4. The van der Waals surface area contributed by atoms with Crippen LogP contribution in [0.25, 0.3) is 0 Å². The Labute approximate surface area is 109 Å². The van der Waals surface area contributed by atoms with Gasteiger partial charge in [-0.3, -0.25) is 10.1 Å². The van der Waals surface area contributed by atoms with Crippen LogP contribution in [0.4, 0.5) is 10.1 Å². The van der Waals surface area contributed by atoms with Gasteiger partial charge in [0.15, 0.2) is 5.75 Å². The van der Waals surface area contributed by atoms with Gasteiger partial charge >= 0.3 is 5.69 Å². The van der Waals surface area contributed by atoms with Crippen molar-refractivity contribution in [3.63, 3.8) is 0 Å². The van der Waals surface area contributed by atoms with Crippen molar-refractivity contribution in [3.05, 3.63) is 34.1 Å². The van der Waals surface area contributed by atoms with Crippen LogP contribution in [0, 0.1) is 15.9 Å². The monoisotopic (exact) mass is 270 g/mol. The van der Waals surface area contributed by atoms with Crippen molar-refractivity contribution in [1.82, 2.24) is 0 Å². The molecule has 0 aliphatic heterocycles. The van der Waals surface area contributed by atoms with E-state index in [2.05, 4.69) is 0 Å². The van der Waals surface area contributed by atoms with Gasteiger partial charge in [0.1, 0.15) is 18.0 Å². The quantitative estimate of drug-likeness (QED) is 0.648. The summed E-state index contributed by atoms with van der Waals surface area (Å²) in [6, 6.07) is 3.07. The molecule has 1 aromatic rings. The third-order valence-electron chi connectivity index (χ3n) is 3.05. The first-order valence-electron chi connectivity index (χ1n) is 6.00. The average molecular weight is 270 g/mol. The molecule has 0 radical (unpaired) electrons. The Balaban J connectivity index is 2.13. The molecule has 0 aromatic heterocycles. The van der Waals surface area contributed by atoms with Crippen LogP contribution in [0.5, 0.6) is 5.75 Å². The van der Waals surface area contributed by atoms with E-state index in [1.54, 1.807) is 0 Å². The molecule has 0 amide bonds. The molecule has 6 nitrogen and oxygen atoms in total. The van der Waals surface area contributed by atoms with Crippen molar-refractivity contribution in [2.75, 3.05) is 6.61 Å². The minimum absolute atomic E-state index is 0.0352. The summed E-state index contributed by atoms with van der Waals surface area (Å²) in [5.41, 5.74) is 5.38. The largest absolute Gasteiger partial charge is 0.481 e. The summed E-state index contributed by atoms with van der Waals surface area (Å²) in [5.74, 6) is -0.640. The molecule has 7 heteroatoms. The van der Waals surface area contributed by atoms with Gasteiger partial charge in [-0.1, -0.05) is 0 Å². The minimum Gasteiger partial charge on any atom is -0.481 e. The van der Waals surface area contributed by atoms with E-state index in [-0.39, 0.29) is 24.0 Å². The molecular formula is C12H15FN2O4. The first-order valence-corrected chi connectivity index (χ1v) is 6.00. The molecule has 1 aromatic carbocycles. The van der Waals surface area contributed by atoms with Crippen molar-refractivity contribution < 1.29 is 18.8 Å². The Morgan fingerprint density at radius 3 is 2.89 bits per heavy atom. The number of rotatable bonds is 5. The second-order valence-corrected chi connectivity index (χ2v) is 4.34. The Kier molecular flexibility index (Phi) is 3.96. The van der Waals surface area contributed by atoms with Gasteiger partial charge < -0.3 is 15.2 Å². The molecule has 1 aliphatic carbocycles. The van der Waals surface area contributed by atoms with Crippen molar-refractivity contribution in [2.45, 2.75) is 31.6 Å². The summed E-state index contributed by atoms with van der Waals surface area (Å²) in [7, 11) is 0. The summed E-state index contributed by atoms with van der Waals surface area (Å²) < 4.78 is 23.9. The lowest BCUT2D eigenvalue weighted by atomic mass is 9.86. The molecule has 2 N–H and O–H groups in total. The Hall–Kier alpha value is -1.73. The van der Waals surface area contributed by atoms with Crippen molar-refractivity contribution >= 4 is 5.69 Å². The lowest BCUT2D eigenvalue weighted by molar-refractivity contribution is -0.386. The SMILES string of the molecule is CCOC1C(N)CC1Oc1ccc(F)cc1[N+](=O)[O-]. The first kappa shape index (κ1) is 13.7. The fraction of sp³-hybridized carbons (Fsp3) is 0.500. The standard InChI is InChI=1S/C12H15FN2O4/c1-2-18-12-8(14)6-11(12)19-10-4-3-7(13)5-9(10)15(16)17/h3-5,8,11-12H,2,6,14H2,1H3. The molecule has 19 heavy (non-hydrogen) atoms. The number of ether oxygens (including phenoxy) is 2. The maximum atomic E-state index is 13.0. The molecule has 0 bridgehead atoms. The van der Waals surface area contributed by atoms with E-state index in [0.29, 0.717) is 13.0 Å². The lowest BCUT2D eigenvalue weighted by Crippen LogP contribution is -2.59. The predicted molar refractivity (Wildman–Crippen MR) is 65.5 cm³/mol. The first-order chi connectivity index (χ1) is 9.02. The summed E-state index contributed by atoms with van der Waals surface area (Å²) in [4.78, 5) is 10.2. The van der Waals surface area contributed by atoms with Crippen molar-refractivity contribution in [1.29, 1.82) is 0 Å². The van der Waals surface area contributed by atoms with Crippen LogP contribution in [0.1, 0.15) is 13.3 Å². The van der Waals surface area contributed by atoms with Crippen LogP contribution in [0.3, 0.4) is 0 Å². The van der Waals surface area contributed by atoms with Gasteiger partial charge in [0.25, 0.3) is 0 Å². The third kappa shape index (κ3) is 2.82. The summed E-state index contributed by atoms with van der Waals surface area (Å²) in [6.45, 7) is 2.33. The number of nitrogens with two attached hydrogens (primary N) is 1. The van der Waals surface area contributed by atoms with E-state index in [4.69, 9.17) is 15.2 Å². The lowest BCUT2D eigenvalue weighted by Gasteiger charge is -2.41. The Morgan fingerprint density at radius 2 is 2.32 bits per heavy atom. The van der Waals surface area contributed by atoms with Crippen molar-refractivity contribution in [3.8, 4) is 5.75 Å². The van der Waals surface area contributed by atoms with Gasteiger partial charge in [-0.2, -0.15) is 0 Å². The summed E-state index contributed by atoms with van der Waals surface area (Å²) in [5, 5.41) is 10.8. The summed E-state index contributed by atoms with van der Waals surface area (Å²) >= 11 is 0. The van der Waals surface area contributed by atoms with Crippen LogP contribution in [-0.4, -0.2) is 29.8 Å². The summed E-state index contributed by atoms with van der Waals surface area (Å²) in [6.07, 6.45) is -0.0621. The highest BCUT2D eigenvalue weighted by Crippen LogP contribution is 2.33. The second kappa shape index (κ2) is 5.50. The highest BCUT2D eigenvalue weighted by Gasteiger charge is 2.42. The van der Waals surface area contributed by atoms with Gasteiger partial charge in [-0.25, -0.2) is 4.39 Å².